The molecule has 0 atom stereocenters. The number of thiazole rings is 1. The lowest BCUT2D eigenvalue weighted by atomic mass is 10.2. The van der Waals surface area contributed by atoms with Crippen LogP contribution in [0.4, 0.5) is 0 Å². The maximum Gasteiger partial charge on any atom is 0.191 e. The third-order valence-electron chi connectivity index (χ3n) is 3.22. The number of nitrogens with zero attached hydrogens (tertiary/aromatic N) is 2. The second kappa shape index (κ2) is 11.2. The lowest BCUT2D eigenvalue weighted by molar-refractivity contribution is 0.321. The van der Waals surface area contributed by atoms with Gasteiger partial charge in [-0.3, -0.25) is 4.99 Å². The van der Waals surface area contributed by atoms with Crippen molar-refractivity contribution in [1.82, 2.24) is 15.6 Å². The number of aliphatic imine (C=N–C) groups is 1. The minimum atomic E-state index is 0. The minimum Gasteiger partial charge on any atom is -0.492 e. The summed E-state index contributed by atoms with van der Waals surface area (Å²) in [6.45, 7) is 6.18. The van der Waals surface area contributed by atoms with Crippen LogP contribution >= 0.6 is 35.3 Å². The summed E-state index contributed by atoms with van der Waals surface area (Å²) in [7, 11) is 1.77. The highest BCUT2D eigenvalue weighted by Gasteiger charge is 2.01. The van der Waals surface area contributed by atoms with Gasteiger partial charge in [-0.05, 0) is 31.5 Å². The molecule has 1 aromatic carbocycles. The first-order valence-electron chi connectivity index (χ1n) is 7.72. The Morgan fingerprint density at radius 1 is 1.25 bits per heavy atom. The molecule has 132 valence electrons. The number of nitrogens with one attached hydrogen (secondary N) is 2. The van der Waals surface area contributed by atoms with Crippen LogP contribution < -0.4 is 15.4 Å². The first-order chi connectivity index (χ1) is 11.2. The number of benzene rings is 1. The minimum absolute atomic E-state index is 0. The molecule has 0 aliphatic carbocycles. The number of hydrogen-bond donors (Lipinski definition) is 2. The highest BCUT2D eigenvalue weighted by Crippen LogP contribution is 2.11. The van der Waals surface area contributed by atoms with Gasteiger partial charge in [-0.25, -0.2) is 4.98 Å². The Bertz CT molecular complexity index is 645. The summed E-state index contributed by atoms with van der Waals surface area (Å²) < 4.78 is 5.70. The number of rotatable bonds is 7. The van der Waals surface area contributed by atoms with Gasteiger partial charge in [0.1, 0.15) is 12.4 Å². The molecule has 7 heteroatoms. The molecule has 0 fully saturated rings. The van der Waals surface area contributed by atoms with Crippen molar-refractivity contribution in [2.24, 2.45) is 4.99 Å². The number of halogens is 1. The van der Waals surface area contributed by atoms with Crippen LogP contribution in [0, 0.1) is 13.8 Å². The van der Waals surface area contributed by atoms with Crippen molar-refractivity contribution in [3.8, 4) is 5.75 Å². The van der Waals surface area contributed by atoms with E-state index >= 15 is 0 Å². The van der Waals surface area contributed by atoms with Crippen LogP contribution in [0.25, 0.3) is 0 Å². The maximum absolute atomic E-state index is 5.70. The summed E-state index contributed by atoms with van der Waals surface area (Å²) in [5.74, 6) is 1.68. The first kappa shape index (κ1) is 20.7. The molecule has 0 aliphatic rings. The van der Waals surface area contributed by atoms with Gasteiger partial charge in [0.25, 0.3) is 0 Å². The van der Waals surface area contributed by atoms with E-state index in [9.17, 15) is 0 Å². The van der Waals surface area contributed by atoms with Crippen molar-refractivity contribution in [3.05, 3.63) is 45.9 Å². The fourth-order valence-electron chi connectivity index (χ4n) is 2.10. The average molecular weight is 460 g/mol. The Balaban J connectivity index is 0.00000288. The second-order valence-electron chi connectivity index (χ2n) is 5.20. The third kappa shape index (κ3) is 7.48. The molecular formula is C17H25IN4OS. The summed E-state index contributed by atoms with van der Waals surface area (Å²) >= 11 is 1.68. The van der Waals surface area contributed by atoms with E-state index in [1.165, 1.54) is 5.56 Å². The Morgan fingerprint density at radius 3 is 2.71 bits per heavy atom. The molecule has 0 saturated carbocycles. The van der Waals surface area contributed by atoms with Gasteiger partial charge < -0.3 is 15.4 Å². The lowest BCUT2D eigenvalue weighted by Crippen LogP contribution is -2.40. The zero-order chi connectivity index (χ0) is 16.5. The normalized spacial score (nSPS) is 10.9. The van der Waals surface area contributed by atoms with E-state index in [0.29, 0.717) is 13.2 Å². The van der Waals surface area contributed by atoms with Crippen LogP contribution in [0.2, 0.25) is 0 Å². The smallest absolute Gasteiger partial charge is 0.191 e. The Morgan fingerprint density at radius 2 is 2.04 bits per heavy atom. The molecule has 0 bridgehead atoms. The predicted octanol–water partition coefficient (Wildman–Crippen LogP) is 3.16. The Labute approximate surface area is 165 Å². The zero-order valence-electron chi connectivity index (χ0n) is 14.3. The molecular weight excluding hydrogens is 435 g/mol. The molecule has 2 N–H and O–H groups in total. The standard InChI is InChI=1S/C17H24N4OS.HI/c1-13-5-4-6-16(11-13)22-10-9-20-17(18-3)19-8-7-15-12-23-14(2)21-15;/h4-6,11-12H,7-10H2,1-3H3,(H2,18,19,20);1H. The molecule has 2 aromatic rings. The number of ether oxygens (including phenoxy) is 1. The van der Waals surface area contributed by atoms with E-state index in [1.807, 2.05) is 25.1 Å². The monoisotopic (exact) mass is 460 g/mol. The molecule has 0 amide bonds. The van der Waals surface area contributed by atoms with Crippen LogP contribution in [-0.4, -0.2) is 37.7 Å². The summed E-state index contributed by atoms with van der Waals surface area (Å²) in [6.07, 6.45) is 0.894. The van der Waals surface area contributed by atoms with Gasteiger partial charge in [-0.2, -0.15) is 0 Å². The van der Waals surface area contributed by atoms with Crippen molar-refractivity contribution in [3.63, 3.8) is 0 Å². The quantitative estimate of drug-likeness (QED) is 0.289. The van der Waals surface area contributed by atoms with E-state index in [-0.39, 0.29) is 24.0 Å². The van der Waals surface area contributed by atoms with E-state index in [1.54, 1.807) is 18.4 Å². The summed E-state index contributed by atoms with van der Waals surface area (Å²) in [4.78, 5) is 8.65. The number of aromatic nitrogens is 1. The summed E-state index contributed by atoms with van der Waals surface area (Å²) in [5.41, 5.74) is 2.32. The van der Waals surface area contributed by atoms with Crippen molar-refractivity contribution in [1.29, 1.82) is 0 Å². The van der Waals surface area contributed by atoms with Gasteiger partial charge in [0.2, 0.25) is 0 Å². The average Bonchev–Trinajstić information content (AvgIpc) is 2.95. The SMILES string of the molecule is CN=C(NCCOc1cccc(C)c1)NCCc1csc(C)n1.I. The molecule has 2 rings (SSSR count). The van der Waals surface area contributed by atoms with E-state index in [0.717, 1.165) is 35.4 Å². The largest absolute Gasteiger partial charge is 0.492 e. The van der Waals surface area contributed by atoms with Crippen LogP contribution in [0.3, 0.4) is 0 Å². The highest BCUT2D eigenvalue weighted by molar-refractivity contribution is 14.0. The van der Waals surface area contributed by atoms with Gasteiger partial charge in [0.05, 0.1) is 17.2 Å². The third-order valence-corrected chi connectivity index (χ3v) is 4.04. The van der Waals surface area contributed by atoms with Crippen LogP contribution in [0.15, 0.2) is 34.6 Å². The molecule has 0 radical (unpaired) electrons. The predicted molar refractivity (Wildman–Crippen MR) is 112 cm³/mol. The zero-order valence-corrected chi connectivity index (χ0v) is 17.5. The number of guanidine groups is 1. The number of aryl methyl sites for hydroxylation is 2. The van der Waals surface area contributed by atoms with E-state index in [4.69, 9.17) is 4.74 Å². The van der Waals surface area contributed by atoms with E-state index in [2.05, 4.69) is 39.0 Å². The molecule has 1 aromatic heterocycles. The van der Waals surface area contributed by atoms with Gasteiger partial charge in [-0.15, -0.1) is 35.3 Å². The van der Waals surface area contributed by atoms with Crippen molar-refractivity contribution >= 4 is 41.3 Å². The molecule has 0 aliphatic heterocycles. The summed E-state index contributed by atoms with van der Waals surface area (Å²) in [5, 5.41) is 9.73. The maximum atomic E-state index is 5.70. The molecule has 1 heterocycles. The van der Waals surface area contributed by atoms with Gasteiger partial charge in [0, 0.05) is 25.4 Å². The molecule has 5 nitrogen and oxygen atoms in total. The van der Waals surface area contributed by atoms with Crippen LogP contribution in [0.5, 0.6) is 5.75 Å². The first-order valence-corrected chi connectivity index (χ1v) is 8.60. The van der Waals surface area contributed by atoms with Crippen LogP contribution in [0.1, 0.15) is 16.3 Å². The van der Waals surface area contributed by atoms with Gasteiger partial charge in [-0.1, -0.05) is 12.1 Å². The second-order valence-corrected chi connectivity index (χ2v) is 6.26. The van der Waals surface area contributed by atoms with Crippen molar-refractivity contribution in [2.75, 3.05) is 26.7 Å². The molecule has 0 spiro atoms. The lowest BCUT2D eigenvalue weighted by Gasteiger charge is -2.12. The fourth-order valence-corrected chi connectivity index (χ4v) is 2.74. The Hall–Kier alpha value is -1.35. The molecule has 0 saturated heterocycles. The number of hydrogen-bond acceptors (Lipinski definition) is 4. The molecule has 24 heavy (non-hydrogen) atoms. The van der Waals surface area contributed by atoms with Gasteiger partial charge >= 0.3 is 0 Å². The topological polar surface area (TPSA) is 58.5 Å². The van der Waals surface area contributed by atoms with Crippen LogP contribution in [-0.2, 0) is 6.42 Å². The highest BCUT2D eigenvalue weighted by atomic mass is 127. The van der Waals surface area contributed by atoms with Crippen molar-refractivity contribution in [2.45, 2.75) is 20.3 Å². The summed E-state index contributed by atoms with van der Waals surface area (Å²) in [6, 6.07) is 8.05. The fraction of sp³-hybridized carbons (Fsp3) is 0.412. The Kier molecular flexibility index (Phi) is 9.70. The van der Waals surface area contributed by atoms with Gasteiger partial charge in [0.15, 0.2) is 5.96 Å². The molecule has 0 unspecified atom stereocenters. The van der Waals surface area contributed by atoms with Crippen molar-refractivity contribution < 1.29 is 4.74 Å². The van der Waals surface area contributed by atoms with E-state index < -0.39 is 0 Å².